The number of nitrogens with zero attached hydrogens (tertiary/aromatic N) is 3. The lowest BCUT2D eigenvalue weighted by Crippen LogP contribution is -2.22. The summed E-state index contributed by atoms with van der Waals surface area (Å²) in [5, 5.41) is 22.1. The molecule has 28 heavy (non-hydrogen) atoms. The van der Waals surface area contributed by atoms with E-state index in [4.69, 9.17) is 0 Å². The molecule has 0 aliphatic carbocycles. The van der Waals surface area contributed by atoms with E-state index >= 15 is 0 Å². The molecule has 142 valence electrons. The van der Waals surface area contributed by atoms with Crippen LogP contribution < -0.4 is 0 Å². The van der Waals surface area contributed by atoms with E-state index in [9.17, 15) is 15.3 Å². The van der Waals surface area contributed by atoms with Crippen molar-refractivity contribution in [2.45, 2.75) is 19.6 Å². The van der Waals surface area contributed by atoms with Crippen LogP contribution in [0.25, 0.3) is 0 Å². The zero-order valence-electron chi connectivity index (χ0n) is 15.4. The van der Waals surface area contributed by atoms with Gasteiger partial charge >= 0.3 is 0 Å². The van der Waals surface area contributed by atoms with Crippen molar-refractivity contribution in [1.29, 1.82) is 0 Å². The Kier molecular flexibility index (Phi) is 6.14. The maximum absolute atomic E-state index is 11.3. The molecule has 0 unspecified atom stereocenters. The Bertz CT molecular complexity index is 880. The van der Waals surface area contributed by atoms with Crippen LogP contribution in [-0.2, 0) is 19.6 Å². The lowest BCUT2D eigenvalue weighted by molar-refractivity contribution is -0.384. The average molecular weight is 375 g/mol. The second-order valence-corrected chi connectivity index (χ2v) is 6.60. The highest BCUT2D eigenvalue weighted by Gasteiger charge is 2.11. The maximum atomic E-state index is 11.3. The second-order valence-electron chi connectivity index (χ2n) is 6.60. The van der Waals surface area contributed by atoms with Crippen molar-refractivity contribution in [2.24, 2.45) is 0 Å². The normalized spacial score (nSPS) is 10.8. The molecule has 0 atom stereocenters. The summed E-state index contributed by atoms with van der Waals surface area (Å²) in [7, 11) is 0. The van der Waals surface area contributed by atoms with Gasteiger partial charge in [-0.1, -0.05) is 54.6 Å². The molecule has 0 aliphatic heterocycles. The molecule has 6 nitrogen and oxygen atoms in total. The number of nitro benzene ring substituents is 1. The molecular weight excluding hydrogens is 354 g/mol. The molecule has 3 aromatic carbocycles. The predicted molar refractivity (Wildman–Crippen MR) is 109 cm³/mol. The van der Waals surface area contributed by atoms with E-state index < -0.39 is 4.92 Å². The van der Waals surface area contributed by atoms with Crippen molar-refractivity contribution < 1.29 is 9.66 Å². The highest BCUT2D eigenvalue weighted by atomic mass is 16.6. The van der Waals surface area contributed by atoms with Gasteiger partial charge in [0.1, 0.15) is 6.72 Å². The highest BCUT2D eigenvalue weighted by molar-refractivity contribution is 5.36. The summed E-state index contributed by atoms with van der Waals surface area (Å²) in [6.07, 6.45) is 0. The second kappa shape index (κ2) is 8.92. The molecule has 0 fully saturated rings. The standard InChI is InChI=1S/C22H21N3O3/c1-23(26)21-11-7-19(8-12-21)16-24(15-18-5-3-2-4-6-18)17-20-9-13-22(14-10-20)25(27)28/h2-14H,1,15-17H2. The number of rotatable bonds is 8. The summed E-state index contributed by atoms with van der Waals surface area (Å²) in [5.41, 5.74) is 3.85. The van der Waals surface area contributed by atoms with Crippen LogP contribution in [0.3, 0.4) is 0 Å². The van der Waals surface area contributed by atoms with Gasteiger partial charge in [-0.3, -0.25) is 15.0 Å². The predicted octanol–water partition coefficient (Wildman–Crippen LogP) is 4.64. The molecule has 6 heteroatoms. The van der Waals surface area contributed by atoms with E-state index in [1.54, 1.807) is 24.3 Å². The van der Waals surface area contributed by atoms with Crippen LogP contribution in [0.2, 0.25) is 0 Å². The van der Waals surface area contributed by atoms with Gasteiger partial charge in [-0.2, -0.15) is 4.74 Å². The van der Waals surface area contributed by atoms with Gasteiger partial charge in [0.05, 0.1) is 4.92 Å². The molecule has 0 spiro atoms. The Morgan fingerprint density at radius 3 is 1.54 bits per heavy atom. The van der Waals surface area contributed by atoms with Gasteiger partial charge in [-0.25, -0.2) is 0 Å². The summed E-state index contributed by atoms with van der Waals surface area (Å²) in [5.74, 6) is 0. The summed E-state index contributed by atoms with van der Waals surface area (Å²) in [6, 6.07) is 24.1. The topological polar surface area (TPSA) is 72.5 Å². The van der Waals surface area contributed by atoms with Crippen LogP contribution in [0.1, 0.15) is 16.7 Å². The SMILES string of the molecule is C=[N+]([O-])c1ccc(CN(Cc2ccccc2)Cc2ccc([N+](=O)[O-])cc2)cc1. The molecule has 0 heterocycles. The van der Waals surface area contributed by atoms with Gasteiger partial charge < -0.3 is 5.21 Å². The van der Waals surface area contributed by atoms with Crippen molar-refractivity contribution in [3.05, 3.63) is 111 Å². The largest absolute Gasteiger partial charge is 0.619 e. The fraction of sp³-hybridized carbons (Fsp3) is 0.136. The minimum Gasteiger partial charge on any atom is -0.619 e. The Hall–Kier alpha value is -3.51. The Morgan fingerprint density at radius 1 is 0.679 bits per heavy atom. The molecule has 0 bridgehead atoms. The zero-order chi connectivity index (χ0) is 19.9. The van der Waals surface area contributed by atoms with E-state index in [-0.39, 0.29) is 5.69 Å². The lowest BCUT2D eigenvalue weighted by atomic mass is 10.1. The van der Waals surface area contributed by atoms with Gasteiger partial charge in [0.25, 0.3) is 5.69 Å². The van der Waals surface area contributed by atoms with Crippen molar-refractivity contribution in [2.75, 3.05) is 0 Å². The van der Waals surface area contributed by atoms with E-state index in [0.717, 1.165) is 17.7 Å². The number of benzene rings is 3. The monoisotopic (exact) mass is 375 g/mol. The number of hydrogen-bond donors (Lipinski definition) is 0. The molecule has 0 saturated heterocycles. The Morgan fingerprint density at radius 2 is 1.11 bits per heavy atom. The van der Waals surface area contributed by atoms with Crippen molar-refractivity contribution in [3.8, 4) is 0 Å². The average Bonchev–Trinajstić information content (AvgIpc) is 2.69. The van der Waals surface area contributed by atoms with Crippen LogP contribution >= 0.6 is 0 Å². The first-order chi connectivity index (χ1) is 13.5. The molecule has 0 saturated carbocycles. The van der Waals surface area contributed by atoms with Crippen molar-refractivity contribution >= 4 is 18.1 Å². The van der Waals surface area contributed by atoms with Gasteiger partial charge in [0.2, 0.25) is 5.69 Å². The Balaban J connectivity index is 1.77. The van der Waals surface area contributed by atoms with Crippen LogP contribution in [0.4, 0.5) is 11.4 Å². The van der Waals surface area contributed by atoms with Crippen molar-refractivity contribution in [3.63, 3.8) is 0 Å². The molecule has 3 aromatic rings. The van der Waals surface area contributed by atoms with Crippen LogP contribution in [0.5, 0.6) is 0 Å². The lowest BCUT2D eigenvalue weighted by Gasteiger charge is -2.23. The van der Waals surface area contributed by atoms with Gasteiger partial charge in [-0.15, -0.1) is 0 Å². The number of nitro groups is 1. The minimum absolute atomic E-state index is 0.0873. The summed E-state index contributed by atoms with van der Waals surface area (Å²) >= 11 is 0. The zero-order valence-corrected chi connectivity index (χ0v) is 15.4. The third-order valence-corrected chi connectivity index (χ3v) is 4.43. The van der Waals surface area contributed by atoms with E-state index in [1.807, 2.05) is 30.3 Å². The highest BCUT2D eigenvalue weighted by Crippen LogP contribution is 2.18. The summed E-state index contributed by atoms with van der Waals surface area (Å²) in [6.45, 7) is 5.42. The van der Waals surface area contributed by atoms with Crippen LogP contribution in [0, 0.1) is 15.3 Å². The first-order valence-corrected chi connectivity index (χ1v) is 8.87. The third kappa shape index (κ3) is 5.25. The first-order valence-electron chi connectivity index (χ1n) is 8.87. The molecule has 0 aliphatic rings. The third-order valence-electron chi connectivity index (χ3n) is 4.43. The smallest absolute Gasteiger partial charge is 0.269 e. The molecule has 3 rings (SSSR count). The van der Waals surface area contributed by atoms with Gasteiger partial charge in [0, 0.05) is 43.9 Å². The van der Waals surface area contributed by atoms with Crippen LogP contribution in [-0.4, -0.2) is 21.3 Å². The fourth-order valence-corrected chi connectivity index (χ4v) is 3.02. The molecule has 0 amide bonds. The van der Waals surface area contributed by atoms with E-state index in [1.165, 1.54) is 17.7 Å². The molecule has 0 N–H and O–H groups in total. The minimum atomic E-state index is -0.394. The van der Waals surface area contributed by atoms with E-state index in [2.05, 4.69) is 23.8 Å². The number of non-ortho nitro benzene ring substituents is 1. The quantitative estimate of drug-likeness (QED) is 0.189. The van der Waals surface area contributed by atoms with Crippen molar-refractivity contribution in [1.82, 2.24) is 4.90 Å². The number of hydrogen-bond acceptors (Lipinski definition) is 4. The fourth-order valence-electron chi connectivity index (χ4n) is 3.02. The first kappa shape index (κ1) is 19.3. The van der Waals surface area contributed by atoms with Gasteiger partial charge in [-0.05, 0) is 16.7 Å². The molecular formula is C22H21N3O3. The maximum Gasteiger partial charge on any atom is 0.269 e. The summed E-state index contributed by atoms with van der Waals surface area (Å²) in [4.78, 5) is 12.7. The molecule has 0 radical (unpaired) electrons. The van der Waals surface area contributed by atoms with Gasteiger partial charge in [0.15, 0.2) is 0 Å². The molecule has 0 aromatic heterocycles. The summed E-state index contributed by atoms with van der Waals surface area (Å²) < 4.78 is 0.586. The Labute approximate surface area is 163 Å². The van der Waals surface area contributed by atoms with E-state index in [0.29, 0.717) is 23.5 Å². The van der Waals surface area contributed by atoms with Crippen LogP contribution in [0.15, 0.2) is 78.9 Å².